The summed E-state index contributed by atoms with van der Waals surface area (Å²) in [7, 11) is 2.81. The zero-order chi connectivity index (χ0) is 24.3. The summed E-state index contributed by atoms with van der Waals surface area (Å²) in [5.74, 6) is -4.69. The van der Waals surface area contributed by atoms with Crippen LogP contribution in [0.2, 0.25) is 0 Å². The third-order valence-electron chi connectivity index (χ3n) is 5.68. The number of carbonyl (C=O) groups is 1. The van der Waals surface area contributed by atoms with Gasteiger partial charge in [-0.3, -0.25) is 9.78 Å². The van der Waals surface area contributed by atoms with Gasteiger partial charge >= 0.3 is 0 Å². The van der Waals surface area contributed by atoms with Crippen molar-refractivity contribution in [1.29, 1.82) is 5.26 Å². The van der Waals surface area contributed by atoms with Crippen LogP contribution in [0.3, 0.4) is 0 Å². The fourth-order valence-corrected chi connectivity index (χ4v) is 3.76. The van der Waals surface area contributed by atoms with Crippen LogP contribution in [0.25, 0.3) is 5.76 Å². The molecule has 32 heavy (non-hydrogen) atoms. The van der Waals surface area contributed by atoms with Gasteiger partial charge in [0.15, 0.2) is 0 Å². The lowest BCUT2D eigenvalue weighted by atomic mass is 10.00. The van der Waals surface area contributed by atoms with Crippen molar-refractivity contribution in [1.82, 2.24) is 10.3 Å². The van der Waals surface area contributed by atoms with Crippen LogP contribution in [0.15, 0.2) is 37.0 Å². The first kappa shape index (κ1) is 24.8. The first-order valence-corrected chi connectivity index (χ1v) is 10.2. The van der Waals surface area contributed by atoms with Crippen molar-refractivity contribution in [3.63, 3.8) is 0 Å². The van der Waals surface area contributed by atoms with Gasteiger partial charge in [-0.2, -0.15) is 5.26 Å². The minimum absolute atomic E-state index is 0.301. The van der Waals surface area contributed by atoms with Crippen LogP contribution >= 0.6 is 0 Å². The maximum atomic E-state index is 14.4. The number of hydrogen-bond acceptors (Lipinski definition) is 5. The molecule has 2 atom stereocenters. The number of ether oxygens (including phenoxy) is 1. The molecule has 2 N–H and O–H groups in total. The molecular weight excluding hydrogens is 414 g/mol. The molecule has 1 heterocycles. The molecule has 0 saturated heterocycles. The Bertz CT molecular complexity index is 1060. The molecule has 1 amide bonds. The Hall–Kier alpha value is -3.47. The number of alkyl halides is 2. The molecule has 0 aliphatic heterocycles. The summed E-state index contributed by atoms with van der Waals surface area (Å²) >= 11 is 0. The highest BCUT2D eigenvalue weighted by atomic mass is 19.3. The lowest BCUT2D eigenvalue weighted by molar-refractivity contribution is -0.128. The number of anilines is 2. The van der Waals surface area contributed by atoms with Crippen molar-refractivity contribution in [3.05, 3.63) is 59.4 Å². The maximum Gasteiger partial charge on any atom is 0.270 e. The molecule has 0 spiro atoms. The minimum Gasteiger partial charge on any atom is -0.497 e. The fraction of sp³-hybridized carbons (Fsp3) is 0.375. The standard InChI is InChI=1S/C22H22F2N4O2.C2H6/c1-12-16(10-25)18(13(2)30-5)17(11-27-12)28-15-8-6-14(7-9-15)19-21(3,20(29)26-4)22(19,23)24;1-2/h6-9,11,19,28H,2H2,1,3-5H3,(H,26,29);1-2H3. The highest BCUT2D eigenvalue weighted by Gasteiger charge is 2.82. The number of amides is 1. The maximum absolute atomic E-state index is 14.4. The predicted molar refractivity (Wildman–Crippen MR) is 121 cm³/mol. The van der Waals surface area contributed by atoms with Crippen LogP contribution in [0, 0.1) is 23.7 Å². The number of nitriles is 1. The second kappa shape index (κ2) is 9.35. The first-order chi connectivity index (χ1) is 15.1. The van der Waals surface area contributed by atoms with E-state index in [2.05, 4.69) is 28.3 Å². The van der Waals surface area contributed by atoms with E-state index in [1.807, 2.05) is 13.8 Å². The van der Waals surface area contributed by atoms with Gasteiger partial charge in [0, 0.05) is 12.7 Å². The van der Waals surface area contributed by atoms with Crippen LogP contribution < -0.4 is 10.6 Å². The van der Waals surface area contributed by atoms with Crippen molar-refractivity contribution in [2.75, 3.05) is 19.5 Å². The first-order valence-electron chi connectivity index (χ1n) is 10.2. The fourth-order valence-electron chi connectivity index (χ4n) is 3.76. The Morgan fingerprint density at radius 1 is 1.28 bits per heavy atom. The molecule has 1 aromatic carbocycles. The van der Waals surface area contributed by atoms with Gasteiger partial charge in [0.2, 0.25) is 5.91 Å². The number of nitrogens with one attached hydrogen (secondary N) is 2. The third-order valence-corrected chi connectivity index (χ3v) is 5.68. The third kappa shape index (κ3) is 3.91. The zero-order valence-electron chi connectivity index (χ0n) is 19.1. The van der Waals surface area contributed by atoms with E-state index >= 15 is 0 Å². The summed E-state index contributed by atoms with van der Waals surface area (Å²) in [5, 5.41) is 14.9. The summed E-state index contributed by atoms with van der Waals surface area (Å²) in [6.07, 6.45) is 1.56. The van der Waals surface area contributed by atoms with Gasteiger partial charge in [-0.1, -0.05) is 32.6 Å². The number of methoxy groups -OCH3 is 1. The summed E-state index contributed by atoms with van der Waals surface area (Å²) < 4.78 is 34.0. The van der Waals surface area contributed by atoms with Crippen molar-refractivity contribution in [2.24, 2.45) is 5.41 Å². The molecule has 1 aliphatic carbocycles. The average molecular weight is 443 g/mol. The molecular formula is C24H28F2N4O2. The van der Waals surface area contributed by atoms with Crippen LogP contribution in [0.4, 0.5) is 20.2 Å². The van der Waals surface area contributed by atoms with Crippen LogP contribution in [0.5, 0.6) is 0 Å². The molecule has 1 saturated carbocycles. The lowest BCUT2D eigenvalue weighted by Gasteiger charge is -2.16. The van der Waals surface area contributed by atoms with Gasteiger partial charge in [-0.05, 0) is 31.5 Å². The van der Waals surface area contributed by atoms with Crippen LogP contribution in [-0.2, 0) is 9.53 Å². The van der Waals surface area contributed by atoms with E-state index in [0.29, 0.717) is 39.5 Å². The average Bonchev–Trinajstić information content (AvgIpc) is 3.27. The second-order valence-electron chi connectivity index (χ2n) is 7.33. The van der Waals surface area contributed by atoms with E-state index in [9.17, 15) is 18.8 Å². The number of aromatic nitrogens is 1. The number of rotatable bonds is 6. The van der Waals surface area contributed by atoms with Gasteiger partial charge in [0.1, 0.15) is 17.2 Å². The number of pyridine rings is 1. The van der Waals surface area contributed by atoms with Gasteiger partial charge in [-0.15, -0.1) is 0 Å². The molecule has 1 fully saturated rings. The summed E-state index contributed by atoms with van der Waals surface area (Å²) in [4.78, 5) is 16.2. The summed E-state index contributed by atoms with van der Waals surface area (Å²) in [6, 6.07) is 8.51. The van der Waals surface area contributed by atoms with E-state index in [-0.39, 0.29) is 0 Å². The smallest absolute Gasteiger partial charge is 0.270 e. The van der Waals surface area contributed by atoms with Crippen molar-refractivity contribution >= 4 is 23.0 Å². The topological polar surface area (TPSA) is 87.0 Å². The number of nitrogens with zero attached hydrogens (tertiary/aromatic N) is 2. The molecule has 3 rings (SSSR count). The van der Waals surface area contributed by atoms with E-state index in [4.69, 9.17) is 4.74 Å². The SMILES string of the molecule is C=C(OC)c1c(Nc2ccc(C3C(F)(F)C3(C)C(=O)NC)cc2)cnc(C)c1C#N.CC. The molecule has 1 aliphatic rings. The Balaban J connectivity index is 0.00000176. The molecule has 0 radical (unpaired) electrons. The molecule has 0 bridgehead atoms. The molecule has 1 aromatic heterocycles. The molecule has 8 heteroatoms. The number of carbonyl (C=O) groups excluding carboxylic acids is 1. The minimum atomic E-state index is -3.12. The quantitative estimate of drug-likeness (QED) is 0.606. The number of benzene rings is 1. The zero-order valence-corrected chi connectivity index (χ0v) is 19.1. The van der Waals surface area contributed by atoms with Gasteiger partial charge in [0.05, 0.1) is 41.7 Å². The van der Waals surface area contributed by atoms with Crippen molar-refractivity contribution in [3.8, 4) is 6.07 Å². The number of hydrogen-bond donors (Lipinski definition) is 2. The largest absolute Gasteiger partial charge is 0.497 e. The van der Waals surface area contributed by atoms with Crippen molar-refractivity contribution < 1.29 is 18.3 Å². The molecule has 2 aromatic rings. The monoisotopic (exact) mass is 442 g/mol. The molecule has 170 valence electrons. The van der Waals surface area contributed by atoms with Gasteiger partial charge < -0.3 is 15.4 Å². The summed E-state index contributed by atoms with van der Waals surface area (Å²) in [5.41, 5.74) is 1.07. The highest BCUT2D eigenvalue weighted by molar-refractivity contribution is 5.89. The Morgan fingerprint density at radius 2 is 1.88 bits per heavy atom. The molecule has 2 unspecified atom stereocenters. The van der Waals surface area contributed by atoms with Crippen molar-refractivity contribution in [2.45, 2.75) is 39.5 Å². The van der Waals surface area contributed by atoms with Gasteiger partial charge in [-0.25, -0.2) is 8.78 Å². The Labute approximate surface area is 187 Å². The van der Waals surface area contributed by atoms with E-state index < -0.39 is 23.2 Å². The number of halogens is 2. The predicted octanol–water partition coefficient (Wildman–Crippen LogP) is 5.13. The molecule has 6 nitrogen and oxygen atoms in total. The Morgan fingerprint density at radius 3 is 2.38 bits per heavy atom. The van der Waals surface area contributed by atoms with Gasteiger partial charge in [0.25, 0.3) is 5.92 Å². The highest BCUT2D eigenvalue weighted by Crippen LogP contribution is 2.71. The van der Waals surface area contributed by atoms with E-state index in [1.54, 1.807) is 37.4 Å². The lowest BCUT2D eigenvalue weighted by Crippen LogP contribution is -2.31. The van der Waals surface area contributed by atoms with E-state index in [1.165, 1.54) is 21.1 Å². The van der Waals surface area contributed by atoms with E-state index in [0.717, 1.165) is 0 Å². The van der Waals surface area contributed by atoms with Crippen LogP contribution in [-0.4, -0.2) is 31.0 Å². The summed E-state index contributed by atoms with van der Waals surface area (Å²) in [6.45, 7) is 10.8. The Kier molecular flexibility index (Phi) is 7.24. The number of aryl methyl sites for hydroxylation is 1. The normalized spacial score (nSPS) is 20.2. The second-order valence-corrected chi connectivity index (χ2v) is 7.33. The van der Waals surface area contributed by atoms with Crippen LogP contribution in [0.1, 0.15) is 49.1 Å².